The third kappa shape index (κ3) is 4.70. The normalized spacial score (nSPS) is 21.3. The number of aliphatic hydroxyl groups is 1. The van der Waals surface area contributed by atoms with Crippen LogP contribution in [0.15, 0.2) is 0 Å². The Morgan fingerprint density at radius 1 is 1.42 bits per heavy atom. The second kappa shape index (κ2) is 6.23. The SMILES string of the molecule is CC(C)(C)C1CCN(C(=O)NCCC(O)C(=O)O)C1. The van der Waals surface area contributed by atoms with Crippen LogP contribution < -0.4 is 5.32 Å². The van der Waals surface area contributed by atoms with E-state index in [1.165, 1.54) is 0 Å². The molecule has 0 spiro atoms. The van der Waals surface area contributed by atoms with Gasteiger partial charge in [0.15, 0.2) is 6.10 Å². The zero-order valence-corrected chi connectivity index (χ0v) is 11.8. The molecule has 110 valence electrons. The van der Waals surface area contributed by atoms with Gasteiger partial charge in [0.1, 0.15) is 0 Å². The molecule has 2 atom stereocenters. The number of amides is 2. The number of aliphatic carboxylic acids is 1. The average Bonchev–Trinajstić information content (AvgIpc) is 2.77. The molecular formula is C13H24N2O4. The maximum Gasteiger partial charge on any atom is 0.332 e. The molecule has 1 aliphatic heterocycles. The molecular weight excluding hydrogens is 248 g/mol. The van der Waals surface area contributed by atoms with E-state index in [0.717, 1.165) is 19.5 Å². The van der Waals surface area contributed by atoms with Crippen LogP contribution in [0.3, 0.4) is 0 Å². The van der Waals surface area contributed by atoms with Crippen molar-refractivity contribution < 1.29 is 19.8 Å². The van der Waals surface area contributed by atoms with Crippen molar-refractivity contribution in [2.24, 2.45) is 11.3 Å². The third-order valence-corrected chi connectivity index (χ3v) is 3.68. The first-order valence-electron chi connectivity index (χ1n) is 6.65. The number of rotatable bonds is 4. The number of aliphatic hydroxyl groups excluding tert-OH is 1. The van der Waals surface area contributed by atoms with E-state index in [-0.39, 0.29) is 24.4 Å². The predicted octanol–water partition coefficient (Wildman–Crippen LogP) is 0.900. The van der Waals surface area contributed by atoms with E-state index in [4.69, 9.17) is 10.2 Å². The summed E-state index contributed by atoms with van der Waals surface area (Å²) >= 11 is 0. The van der Waals surface area contributed by atoms with Crippen LogP contribution in [0.5, 0.6) is 0 Å². The number of carbonyl (C=O) groups excluding carboxylic acids is 1. The summed E-state index contributed by atoms with van der Waals surface area (Å²) < 4.78 is 0. The Kier molecular flexibility index (Phi) is 5.17. The van der Waals surface area contributed by atoms with E-state index in [2.05, 4.69) is 26.1 Å². The van der Waals surface area contributed by atoms with Crippen LogP contribution in [-0.4, -0.2) is 52.9 Å². The first kappa shape index (κ1) is 15.8. The number of hydrogen-bond donors (Lipinski definition) is 3. The van der Waals surface area contributed by atoms with E-state index in [0.29, 0.717) is 5.92 Å². The third-order valence-electron chi connectivity index (χ3n) is 3.68. The second-order valence-electron chi connectivity index (χ2n) is 6.17. The van der Waals surface area contributed by atoms with Gasteiger partial charge in [0.25, 0.3) is 0 Å². The van der Waals surface area contributed by atoms with Crippen LogP contribution in [0.2, 0.25) is 0 Å². The zero-order chi connectivity index (χ0) is 14.6. The Hall–Kier alpha value is -1.30. The molecule has 0 aromatic rings. The molecule has 0 saturated carbocycles. The average molecular weight is 272 g/mol. The van der Waals surface area contributed by atoms with Gasteiger partial charge in [-0.2, -0.15) is 0 Å². The van der Waals surface area contributed by atoms with Gasteiger partial charge in [-0.05, 0) is 17.8 Å². The van der Waals surface area contributed by atoms with Gasteiger partial charge >= 0.3 is 12.0 Å². The number of hydrogen-bond acceptors (Lipinski definition) is 3. The van der Waals surface area contributed by atoms with Crippen molar-refractivity contribution in [2.45, 2.75) is 39.7 Å². The highest BCUT2D eigenvalue weighted by Gasteiger charge is 2.33. The van der Waals surface area contributed by atoms with E-state index in [1.54, 1.807) is 4.90 Å². The van der Waals surface area contributed by atoms with Crippen molar-refractivity contribution in [2.75, 3.05) is 19.6 Å². The van der Waals surface area contributed by atoms with Crippen LogP contribution in [0.1, 0.15) is 33.6 Å². The fourth-order valence-corrected chi connectivity index (χ4v) is 2.20. The number of urea groups is 1. The second-order valence-corrected chi connectivity index (χ2v) is 6.17. The summed E-state index contributed by atoms with van der Waals surface area (Å²) in [5, 5.41) is 20.2. The summed E-state index contributed by atoms with van der Waals surface area (Å²) in [5.41, 5.74) is 0.189. The summed E-state index contributed by atoms with van der Waals surface area (Å²) in [7, 11) is 0. The van der Waals surface area contributed by atoms with Gasteiger partial charge in [-0.25, -0.2) is 9.59 Å². The first-order chi connectivity index (χ1) is 8.71. The summed E-state index contributed by atoms with van der Waals surface area (Å²) in [5.74, 6) is -0.772. The number of carboxylic acid groups (broad SMARTS) is 1. The highest BCUT2D eigenvalue weighted by molar-refractivity contribution is 5.75. The lowest BCUT2D eigenvalue weighted by Crippen LogP contribution is -2.40. The molecule has 6 heteroatoms. The molecule has 6 nitrogen and oxygen atoms in total. The number of carboxylic acids is 1. The largest absolute Gasteiger partial charge is 0.479 e. The quantitative estimate of drug-likeness (QED) is 0.709. The highest BCUT2D eigenvalue weighted by Crippen LogP contribution is 2.33. The van der Waals surface area contributed by atoms with Gasteiger partial charge < -0.3 is 20.4 Å². The van der Waals surface area contributed by atoms with E-state index >= 15 is 0 Å². The Morgan fingerprint density at radius 2 is 2.05 bits per heavy atom. The molecule has 3 N–H and O–H groups in total. The predicted molar refractivity (Wildman–Crippen MR) is 70.8 cm³/mol. The minimum absolute atomic E-state index is 0.0254. The van der Waals surface area contributed by atoms with Crippen molar-refractivity contribution in [3.8, 4) is 0 Å². The number of nitrogens with one attached hydrogen (secondary N) is 1. The van der Waals surface area contributed by atoms with Gasteiger partial charge in [0.2, 0.25) is 0 Å². The topological polar surface area (TPSA) is 89.9 Å². The molecule has 0 aromatic carbocycles. The molecule has 0 aliphatic carbocycles. The molecule has 1 rings (SSSR count). The molecule has 0 aromatic heterocycles. The molecule has 1 fully saturated rings. The highest BCUT2D eigenvalue weighted by atomic mass is 16.4. The van der Waals surface area contributed by atoms with Gasteiger partial charge in [-0.15, -0.1) is 0 Å². The van der Waals surface area contributed by atoms with Crippen LogP contribution in [0.4, 0.5) is 4.79 Å². The minimum atomic E-state index is -1.42. The Labute approximate surface area is 113 Å². The monoisotopic (exact) mass is 272 g/mol. The number of nitrogens with zero attached hydrogens (tertiary/aromatic N) is 1. The molecule has 19 heavy (non-hydrogen) atoms. The summed E-state index contributed by atoms with van der Waals surface area (Å²) in [6, 6.07) is -0.177. The standard InChI is InChI=1S/C13H24N2O4/c1-13(2,3)9-5-7-15(8-9)12(19)14-6-4-10(16)11(17)18/h9-10,16H,4-8H2,1-3H3,(H,14,19)(H,17,18). The lowest BCUT2D eigenvalue weighted by molar-refractivity contribution is -0.146. The summed E-state index contributed by atoms with van der Waals surface area (Å²) in [4.78, 5) is 24.0. The zero-order valence-electron chi connectivity index (χ0n) is 11.8. The molecule has 2 unspecified atom stereocenters. The molecule has 0 radical (unpaired) electrons. The van der Waals surface area contributed by atoms with Crippen LogP contribution in [-0.2, 0) is 4.79 Å². The molecule has 1 heterocycles. The van der Waals surface area contributed by atoms with Crippen molar-refractivity contribution in [1.82, 2.24) is 10.2 Å². The van der Waals surface area contributed by atoms with Crippen molar-refractivity contribution in [3.63, 3.8) is 0 Å². The molecule has 1 aliphatic rings. The first-order valence-corrected chi connectivity index (χ1v) is 6.65. The lowest BCUT2D eigenvalue weighted by Gasteiger charge is -2.27. The van der Waals surface area contributed by atoms with Crippen LogP contribution in [0.25, 0.3) is 0 Å². The fraction of sp³-hybridized carbons (Fsp3) is 0.846. The van der Waals surface area contributed by atoms with Gasteiger partial charge in [-0.1, -0.05) is 20.8 Å². The van der Waals surface area contributed by atoms with Crippen molar-refractivity contribution >= 4 is 12.0 Å². The molecule has 2 amide bonds. The maximum atomic E-state index is 11.9. The van der Waals surface area contributed by atoms with E-state index in [1.807, 2.05) is 0 Å². The Bertz CT molecular complexity index is 338. The minimum Gasteiger partial charge on any atom is -0.479 e. The van der Waals surface area contributed by atoms with Crippen molar-refractivity contribution in [1.29, 1.82) is 0 Å². The Balaban J connectivity index is 2.30. The number of carbonyl (C=O) groups is 2. The van der Waals surface area contributed by atoms with Crippen LogP contribution in [0, 0.1) is 11.3 Å². The Morgan fingerprint density at radius 3 is 2.53 bits per heavy atom. The van der Waals surface area contributed by atoms with E-state index in [9.17, 15) is 9.59 Å². The maximum absolute atomic E-state index is 11.9. The van der Waals surface area contributed by atoms with Crippen LogP contribution >= 0.6 is 0 Å². The lowest BCUT2D eigenvalue weighted by atomic mass is 9.80. The van der Waals surface area contributed by atoms with E-state index < -0.39 is 12.1 Å². The summed E-state index contributed by atoms with van der Waals surface area (Å²) in [6.45, 7) is 8.14. The van der Waals surface area contributed by atoms with Gasteiger partial charge in [0.05, 0.1) is 0 Å². The summed E-state index contributed by atoms with van der Waals surface area (Å²) in [6.07, 6.45) is -0.395. The van der Waals surface area contributed by atoms with Gasteiger partial charge in [-0.3, -0.25) is 0 Å². The van der Waals surface area contributed by atoms with Crippen molar-refractivity contribution in [3.05, 3.63) is 0 Å². The smallest absolute Gasteiger partial charge is 0.332 e. The fourth-order valence-electron chi connectivity index (χ4n) is 2.20. The molecule has 1 saturated heterocycles. The number of likely N-dealkylation sites (tertiary alicyclic amines) is 1. The molecule has 0 bridgehead atoms. The van der Waals surface area contributed by atoms with Gasteiger partial charge in [0, 0.05) is 26.1 Å².